The third-order valence-electron chi connectivity index (χ3n) is 5.97. The first-order valence-electron chi connectivity index (χ1n) is 11.0. The van der Waals surface area contributed by atoms with Crippen LogP contribution < -0.4 is 0 Å². The summed E-state index contributed by atoms with van der Waals surface area (Å²) in [6.07, 6.45) is 6.83. The van der Waals surface area contributed by atoms with E-state index >= 15 is 0 Å². The minimum absolute atomic E-state index is 0.0637. The standard InChI is InChI=1S/C23H46O4/c1-9-19(10-2)22(6,7)26-18-14-12-13-15-20(25)23(8,11-3)27-21(4,5)16-17-24/h19,24H,9-18H2,1-8H3. The molecule has 0 aromatic carbocycles. The molecule has 1 unspecified atom stereocenters. The quantitative estimate of drug-likeness (QED) is 0.346. The molecule has 0 spiro atoms. The van der Waals surface area contributed by atoms with Crippen molar-refractivity contribution in [2.75, 3.05) is 13.2 Å². The predicted molar refractivity (Wildman–Crippen MR) is 113 cm³/mol. The van der Waals surface area contributed by atoms with Crippen LogP contribution in [0.3, 0.4) is 0 Å². The summed E-state index contributed by atoms with van der Waals surface area (Å²) in [4.78, 5) is 12.7. The lowest BCUT2D eigenvalue weighted by atomic mass is 9.86. The molecule has 0 fully saturated rings. The van der Waals surface area contributed by atoms with Crippen molar-refractivity contribution < 1.29 is 19.4 Å². The third kappa shape index (κ3) is 9.54. The average molecular weight is 387 g/mol. The van der Waals surface area contributed by atoms with Gasteiger partial charge in [0.1, 0.15) is 5.60 Å². The highest BCUT2D eigenvalue weighted by Crippen LogP contribution is 2.29. The maximum Gasteiger partial charge on any atom is 0.164 e. The average Bonchev–Trinajstić information content (AvgIpc) is 2.57. The number of hydrogen-bond acceptors (Lipinski definition) is 4. The summed E-state index contributed by atoms with van der Waals surface area (Å²) in [5.41, 5.74) is -1.34. The molecular weight excluding hydrogens is 340 g/mol. The molecule has 0 aliphatic heterocycles. The van der Waals surface area contributed by atoms with Gasteiger partial charge in [-0.05, 0) is 66.2 Å². The summed E-state index contributed by atoms with van der Waals surface area (Å²) in [5.74, 6) is 0.748. The van der Waals surface area contributed by atoms with E-state index in [0.29, 0.717) is 25.2 Å². The maximum absolute atomic E-state index is 12.7. The Kier molecular flexibility index (Phi) is 12.0. The minimum Gasteiger partial charge on any atom is -0.396 e. The first kappa shape index (κ1) is 26.6. The number of aliphatic hydroxyl groups excluding tert-OH is 1. The molecular formula is C23H46O4. The normalized spacial score (nSPS) is 15.2. The van der Waals surface area contributed by atoms with Gasteiger partial charge in [0.05, 0.1) is 11.2 Å². The number of ketones is 1. The van der Waals surface area contributed by atoms with Crippen molar-refractivity contribution in [1.82, 2.24) is 0 Å². The molecule has 0 saturated carbocycles. The van der Waals surface area contributed by atoms with Crippen LogP contribution in [0.25, 0.3) is 0 Å². The minimum atomic E-state index is -0.771. The summed E-state index contributed by atoms with van der Waals surface area (Å²) in [6.45, 7) is 17.4. The lowest BCUT2D eigenvalue weighted by molar-refractivity contribution is -0.168. The van der Waals surface area contributed by atoms with Crippen molar-refractivity contribution in [2.24, 2.45) is 5.92 Å². The highest BCUT2D eigenvalue weighted by atomic mass is 16.5. The molecule has 0 heterocycles. The third-order valence-corrected chi connectivity index (χ3v) is 5.97. The monoisotopic (exact) mass is 386 g/mol. The van der Waals surface area contributed by atoms with Crippen LogP contribution in [0.5, 0.6) is 0 Å². The Morgan fingerprint density at radius 3 is 2.04 bits per heavy atom. The van der Waals surface area contributed by atoms with Crippen LogP contribution in [-0.2, 0) is 14.3 Å². The predicted octanol–water partition coefficient (Wildman–Crippen LogP) is 5.69. The number of aliphatic hydroxyl groups is 1. The molecule has 4 nitrogen and oxygen atoms in total. The molecule has 1 N–H and O–H groups in total. The van der Waals surface area contributed by atoms with Gasteiger partial charge in [0.15, 0.2) is 5.78 Å². The van der Waals surface area contributed by atoms with Gasteiger partial charge in [0, 0.05) is 19.6 Å². The van der Waals surface area contributed by atoms with E-state index in [2.05, 4.69) is 27.7 Å². The second kappa shape index (κ2) is 12.2. The second-order valence-corrected chi connectivity index (χ2v) is 9.12. The number of carbonyl (C=O) groups excluding carboxylic acids is 1. The molecule has 0 aliphatic carbocycles. The van der Waals surface area contributed by atoms with Gasteiger partial charge in [-0.25, -0.2) is 0 Å². The zero-order valence-electron chi connectivity index (χ0n) is 19.3. The van der Waals surface area contributed by atoms with Crippen LogP contribution >= 0.6 is 0 Å². The van der Waals surface area contributed by atoms with Gasteiger partial charge < -0.3 is 14.6 Å². The van der Waals surface area contributed by atoms with Crippen molar-refractivity contribution >= 4 is 5.78 Å². The topological polar surface area (TPSA) is 55.8 Å². The summed E-state index contributed by atoms with van der Waals surface area (Å²) in [7, 11) is 0. The summed E-state index contributed by atoms with van der Waals surface area (Å²) in [6, 6.07) is 0. The van der Waals surface area contributed by atoms with E-state index in [1.807, 2.05) is 27.7 Å². The Hall–Kier alpha value is -0.450. The SMILES string of the molecule is CCC(CC)C(C)(C)OCCCCCC(=O)C(C)(CC)OC(C)(C)CCO. The molecule has 0 bridgehead atoms. The first-order valence-corrected chi connectivity index (χ1v) is 11.0. The molecule has 0 aromatic rings. The van der Waals surface area contributed by atoms with Crippen molar-refractivity contribution in [2.45, 2.75) is 124 Å². The van der Waals surface area contributed by atoms with Gasteiger partial charge in [-0.2, -0.15) is 0 Å². The van der Waals surface area contributed by atoms with Crippen LogP contribution in [0.4, 0.5) is 0 Å². The second-order valence-electron chi connectivity index (χ2n) is 9.12. The number of carbonyl (C=O) groups is 1. The van der Waals surface area contributed by atoms with E-state index in [1.54, 1.807) is 0 Å². The molecule has 0 saturated heterocycles. The zero-order valence-corrected chi connectivity index (χ0v) is 19.3. The highest BCUT2D eigenvalue weighted by Gasteiger charge is 2.37. The molecule has 0 amide bonds. The zero-order chi connectivity index (χ0) is 21.1. The molecule has 0 aromatic heterocycles. The van der Waals surface area contributed by atoms with Crippen molar-refractivity contribution in [3.05, 3.63) is 0 Å². The largest absolute Gasteiger partial charge is 0.396 e. The fraction of sp³-hybridized carbons (Fsp3) is 0.957. The van der Waals surface area contributed by atoms with E-state index < -0.39 is 11.2 Å². The molecule has 4 heteroatoms. The Morgan fingerprint density at radius 2 is 1.56 bits per heavy atom. The van der Waals surface area contributed by atoms with E-state index in [-0.39, 0.29) is 18.0 Å². The molecule has 27 heavy (non-hydrogen) atoms. The van der Waals surface area contributed by atoms with E-state index in [1.165, 1.54) is 0 Å². The van der Waals surface area contributed by atoms with E-state index in [4.69, 9.17) is 9.47 Å². The first-order chi connectivity index (χ1) is 12.5. The molecule has 0 rings (SSSR count). The van der Waals surface area contributed by atoms with Gasteiger partial charge in [-0.1, -0.05) is 40.0 Å². The van der Waals surface area contributed by atoms with Crippen molar-refractivity contribution in [1.29, 1.82) is 0 Å². The van der Waals surface area contributed by atoms with Crippen LogP contribution in [0.2, 0.25) is 0 Å². The summed E-state index contributed by atoms with van der Waals surface area (Å²) < 4.78 is 12.2. The maximum atomic E-state index is 12.7. The van der Waals surface area contributed by atoms with Crippen LogP contribution in [0, 0.1) is 5.92 Å². The smallest absolute Gasteiger partial charge is 0.164 e. The Bertz CT molecular complexity index is 413. The van der Waals surface area contributed by atoms with Crippen molar-refractivity contribution in [3.8, 4) is 0 Å². The van der Waals surface area contributed by atoms with E-state index in [0.717, 1.165) is 38.7 Å². The molecule has 0 aliphatic rings. The Labute approximate surface area is 168 Å². The molecule has 1 atom stereocenters. The number of rotatable bonds is 16. The fourth-order valence-electron chi connectivity index (χ4n) is 3.81. The van der Waals surface area contributed by atoms with Gasteiger partial charge in [-0.15, -0.1) is 0 Å². The summed E-state index contributed by atoms with van der Waals surface area (Å²) >= 11 is 0. The Balaban J connectivity index is 4.31. The molecule has 0 radical (unpaired) electrons. The number of unbranched alkanes of at least 4 members (excludes halogenated alkanes) is 2. The van der Waals surface area contributed by atoms with Crippen LogP contribution in [0.1, 0.15) is 107 Å². The van der Waals surface area contributed by atoms with E-state index in [9.17, 15) is 9.90 Å². The van der Waals surface area contributed by atoms with Gasteiger partial charge in [-0.3, -0.25) is 4.79 Å². The van der Waals surface area contributed by atoms with Crippen LogP contribution in [0.15, 0.2) is 0 Å². The fourth-order valence-corrected chi connectivity index (χ4v) is 3.81. The highest BCUT2D eigenvalue weighted by molar-refractivity contribution is 5.86. The van der Waals surface area contributed by atoms with Gasteiger partial charge in [0.25, 0.3) is 0 Å². The number of ether oxygens (including phenoxy) is 2. The lowest BCUT2D eigenvalue weighted by Gasteiger charge is -2.37. The molecule has 162 valence electrons. The van der Waals surface area contributed by atoms with Crippen molar-refractivity contribution in [3.63, 3.8) is 0 Å². The van der Waals surface area contributed by atoms with Gasteiger partial charge >= 0.3 is 0 Å². The summed E-state index contributed by atoms with van der Waals surface area (Å²) in [5, 5.41) is 9.18. The lowest BCUT2D eigenvalue weighted by Crippen LogP contribution is -2.45. The number of Topliss-reactive ketones (excluding diaryl/α,β-unsaturated/α-hetero) is 1. The number of hydrogen-bond donors (Lipinski definition) is 1. The van der Waals surface area contributed by atoms with Crippen LogP contribution in [-0.4, -0.2) is 40.9 Å². The van der Waals surface area contributed by atoms with Gasteiger partial charge in [0.2, 0.25) is 0 Å². The Morgan fingerprint density at radius 1 is 0.963 bits per heavy atom.